The van der Waals surface area contributed by atoms with Gasteiger partial charge in [0.25, 0.3) is 0 Å². The Morgan fingerprint density at radius 2 is 1.67 bits per heavy atom. The van der Waals surface area contributed by atoms with Crippen molar-refractivity contribution < 1.29 is 0 Å². The van der Waals surface area contributed by atoms with Crippen LogP contribution in [0.3, 0.4) is 0 Å². The highest BCUT2D eigenvalue weighted by Gasteiger charge is 2.35. The first-order valence-corrected chi connectivity index (χ1v) is 11.2. The maximum Gasteiger partial charge on any atom is 0.193 e. The van der Waals surface area contributed by atoms with Gasteiger partial charge in [-0.25, -0.2) is 0 Å². The van der Waals surface area contributed by atoms with E-state index in [0.717, 1.165) is 0 Å². The standard InChI is InChI=1S/C19H29NSi/c1-19(2,3)21(4,5)20-15-18(17-13-9-10-14-17)16-11-7-6-8-12-16/h6-8,11-12,17H,9-10,13-14H2,1-5H3. The van der Waals surface area contributed by atoms with E-state index < -0.39 is 8.24 Å². The molecule has 1 saturated carbocycles. The van der Waals surface area contributed by atoms with Gasteiger partial charge in [-0.3, -0.25) is 4.66 Å². The fraction of sp³-hybridized carbons (Fsp3) is 0.579. The minimum atomic E-state index is -1.66. The summed E-state index contributed by atoms with van der Waals surface area (Å²) in [4.78, 5) is 0. The molecule has 1 aromatic rings. The van der Waals surface area contributed by atoms with Crippen LogP contribution in [0.4, 0.5) is 0 Å². The molecule has 114 valence electrons. The van der Waals surface area contributed by atoms with Crippen molar-refractivity contribution in [3.63, 3.8) is 0 Å². The second-order valence-corrected chi connectivity index (χ2v) is 12.6. The van der Waals surface area contributed by atoms with Crippen LogP contribution in [0, 0.1) is 5.92 Å². The van der Waals surface area contributed by atoms with E-state index in [1.54, 1.807) is 0 Å². The average molecular weight is 300 g/mol. The summed E-state index contributed by atoms with van der Waals surface area (Å²) >= 11 is 0. The fourth-order valence-electron chi connectivity index (χ4n) is 2.59. The van der Waals surface area contributed by atoms with E-state index in [-0.39, 0.29) is 5.04 Å². The van der Waals surface area contributed by atoms with Gasteiger partial charge in [-0.15, -0.1) is 0 Å². The van der Waals surface area contributed by atoms with E-state index in [0.29, 0.717) is 5.92 Å². The lowest BCUT2D eigenvalue weighted by Gasteiger charge is -2.31. The topological polar surface area (TPSA) is 12.4 Å². The summed E-state index contributed by atoms with van der Waals surface area (Å²) in [5.41, 5.74) is 2.66. The number of benzene rings is 1. The van der Waals surface area contributed by atoms with Gasteiger partial charge in [0.15, 0.2) is 8.24 Å². The summed E-state index contributed by atoms with van der Waals surface area (Å²) in [7, 11) is -1.66. The summed E-state index contributed by atoms with van der Waals surface area (Å²) in [5, 5.41) is 0.275. The molecule has 0 bridgehead atoms. The van der Waals surface area contributed by atoms with Gasteiger partial charge in [-0.1, -0.05) is 63.9 Å². The van der Waals surface area contributed by atoms with Crippen molar-refractivity contribution in [1.29, 1.82) is 0 Å². The van der Waals surface area contributed by atoms with E-state index in [1.165, 1.54) is 36.8 Å². The monoisotopic (exact) mass is 299 g/mol. The van der Waals surface area contributed by atoms with Crippen molar-refractivity contribution in [1.82, 2.24) is 0 Å². The van der Waals surface area contributed by atoms with Gasteiger partial charge in [-0.05, 0) is 48.3 Å². The van der Waals surface area contributed by atoms with Crippen LogP contribution in [-0.4, -0.2) is 14.1 Å². The maximum atomic E-state index is 5.00. The molecule has 0 saturated heterocycles. The summed E-state index contributed by atoms with van der Waals surface area (Å²) in [6.45, 7) is 11.6. The van der Waals surface area contributed by atoms with E-state index in [1.807, 2.05) is 0 Å². The zero-order valence-corrected chi connectivity index (χ0v) is 15.2. The Bertz CT molecular complexity index is 524. The Hall–Kier alpha value is -1.11. The Balaban J connectivity index is 2.42. The number of hydrogen-bond donors (Lipinski definition) is 0. The normalized spacial score (nSPS) is 16.6. The van der Waals surface area contributed by atoms with E-state index in [4.69, 9.17) is 4.66 Å². The number of rotatable bonds is 3. The van der Waals surface area contributed by atoms with Gasteiger partial charge < -0.3 is 0 Å². The molecule has 0 unspecified atom stereocenters. The summed E-state index contributed by atoms with van der Waals surface area (Å²) in [5.74, 6) is 4.18. The SMILES string of the molecule is CC(C)(C)[Si](C)(C)N=C=C(c1ccccc1)C1CCCC1. The first-order chi connectivity index (χ1) is 9.81. The molecule has 0 aromatic heterocycles. The number of hydrogen-bond acceptors (Lipinski definition) is 1. The van der Waals surface area contributed by atoms with E-state index in [9.17, 15) is 0 Å². The van der Waals surface area contributed by atoms with E-state index >= 15 is 0 Å². The van der Waals surface area contributed by atoms with Crippen molar-refractivity contribution >= 4 is 19.7 Å². The highest BCUT2D eigenvalue weighted by Crippen LogP contribution is 2.38. The van der Waals surface area contributed by atoms with Crippen LogP contribution in [0.25, 0.3) is 5.57 Å². The van der Waals surface area contributed by atoms with Gasteiger partial charge in [0, 0.05) is 5.57 Å². The summed E-state index contributed by atoms with van der Waals surface area (Å²) < 4.78 is 5.00. The van der Waals surface area contributed by atoms with Crippen LogP contribution in [0.1, 0.15) is 52.0 Å². The highest BCUT2D eigenvalue weighted by molar-refractivity contribution is 6.79. The van der Waals surface area contributed by atoms with Crippen molar-refractivity contribution in [3.8, 4) is 0 Å². The zero-order chi connectivity index (χ0) is 15.5. The lowest BCUT2D eigenvalue weighted by molar-refractivity contribution is 0.709. The van der Waals surface area contributed by atoms with Crippen molar-refractivity contribution in [3.05, 3.63) is 35.9 Å². The minimum Gasteiger partial charge on any atom is -0.283 e. The molecule has 1 aliphatic rings. The molecule has 0 amide bonds. The van der Waals surface area contributed by atoms with Crippen LogP contribution in [0.2, 0.25) is 18.1 Å². The van der Waals surface area contributed by atoms with Crippen molar-refractivity contribution in [2.24, 2.45) is 10.6 Å². The molecule has 1 nitrogen and oxygen atoms in total. The molecule has 2 heteroatoms. The Labute approximate surface area is 131 Å². The maximum absolute atomic E-state index is 5.00. The Morgan fingerprint density at radius 3 is 2.19 bits per heavy atom. The van der Waals surface area contributed by atoms with E-state index in [2.05, 4.69) is 70.1 Å². The Kier molecular flexibility index (Phi) is 4.90. The molecule has 0 aliphatic heterocycles. The number of nitrogens with zero attached hydrogens (tertiary/aromatic N) is 1. The molecule has 1 fully saturated rings. The van der Waals surface area contributed by atoms with Crippen molar-refractivity contribution in [2.45, 2.75) is 64.6 Å². The van der Waals surface area contributed by atoms with Gasteiger partial charge in [0.05, 0.1) is 0 Å². The smallest absolute Gasteiger partial charge is 0.193 e. The molecule has 1 aliphatic carbocycles. The summed E-state index contributed by atoms with van der Waals surface area (Å²) in [6.07, 6.45) is 5.29. The molecule has 21 heavy (non-hydrogen) atoms. The Morgan fingerprint density at radius 1 is 1.10 bits per heavy atom. The highest BCUT2D eigenvalue weighted by atomic mass is 28.3. The summed E-state index contributed by atoms with van der Waals surface area (Å²) in [6, 6.07) is 10.8. The average Bonchev–Trinajstić information content (AvgIpc) is 2.93. The zero-order valence-electron chi connectivity index (χ0n) is 14.2. The molecule has 2 rings (SSSR count). The predicted octanol–water partition coefficient (Wildman–Crippen LogP) is 5.94. The lowest BCUT2D eigenvalue weighted by atomic mass is 9.92. The van der Waals surface area contributed by atoms with Gasteiger partial charge in [0.2, 0.25) is 0 Å². The molecule has 0 heterocycles. The number of allylic oxidation sites excluding steroid dienone is 1. The molecule has 0 spiro atoms. The second kappa shape index (κ2) is 6.33. The minimum absolute atomic E-state index is 0.275. The van der Waals surface area contributed by atoms with Crippen molar-refractivity contribution in [2.75, 3.05) is 0 Å². The molecule has 0 radical (unpaired) electrons. The third kappa shape index (κ3) is 3.96. The molecule has 0 atom stereocenters. The molecular weight excluding hydrogens is 270 g/mol. The quantitative estimate of drug-likeness (QED) is 0.484. The largest absolute Gasteiger partial charge is 0.283 e. The first-order valence-electron chi connectivity index (χ1n) is 8.21. The van der Waals surface area contributed by atoms with Crippen LogP contribution in [-0.2, 0) is 0 Å². The van der Waals surface area contributed by atoms with Crippen LogP contribution in [0.15, 0.2) is 35.0 Å². The van der Waals surface area contributed by atoms with Gasteiger partial charge >= 0.3 is 0 Å². The lowest BCUT2D eigenvalue weighted by Crippen LogP contribution is -2.34. The predicted molar refractivity (Wildman–Crippen MR) is 96.4 cm³/mol. The molecule has 1 aromatic carbocycles. The second-order valence-electron chi connectivity index (χ2n) is 7.79. The van der Waals surface area contributed by atoms with Crippen LogP contribution >= 0.6 is 0 Å². The first kappa shape index (κ1) is 16.3. The third-order valence-corrected chi connectivity index (χ3v) is 9.48. The van der Waals surface area contributed by atoms with Crippen LogP contribution in [0.5, 0.6) is 0 Å². The van der Waals surface area contributed by atoms with Gasteiger partial charge in [0.1, 0.15) is 0 Å². The fourth-order valence-corrected chi connectivity index (χ4v) is 3.33. The molecular formula is C19H29NSi. The van der Waals surface area contributed by atoms with Crippen LogP contribution < -0.4 is 0 Å². The third-order valence-electron chi connectivity index (χ3n) is 5.14. The van der Waals surface area contributed by atoms with Gasteiger partial charge in [-0.2, -0.15) is 0 Å². The molecule has 0 N–H and O–H groups in total.